The quantitative estimate of drug-likeness (QED) is 0.585. The Morgan fingerprint density at radius 1 is 1.00 bits per heavy atom. The third kappa shape index (κ3) is 7.32. The Hall–Kier alpha value is -2.87. The van der Waals surface area contributed by atoms with Crippen molar-refractivity contribution in [1.29, 1.82) is 0 Å². The number of anilines is 1. The highest BCUT2D eigenvalue weighted by atomic mass is 32.2. The van der Waals surface area contributed by atoms with Crippen LogP contribution in [0.3, 0.4) is 0 Å². The molecule has 8 heteroatoms. The average Bonchev–Trinajstić information content (AvgIpc) is 2.74. The molecule has 0 saturated carbocycles. The summed E-state index contributed by atoms with van der Waals surface area (Å²) in [4.78, 5) is 28.1. The number of hydrogen-bond acceptors (Lipinski definition) is 4. The van der Waals surface area contributed by atoms with Gasteiger partial charge in [-0.1, -0.05) is 49.4 Å². The van der Waals surface area contributed by atoms with Crippen molar-refractivity contribution in [3.05, 3.63) is 65.2 Å². The molecule has 0 bridgehead atoms. The van der Waals surface area contributed by atoms with E-state index >= 15 is 0 Å². The van der Waals surface area contributed by atoms with E-state index in [2.05, 4.69) is 5.32 Å². The minimum atomic E-state index is -3.75. The van der Waals surface area contributed by atoms with Gasteiger partial charge in [0.1, 0.15) is 12.6 Å². The van der Waals surface area contributed by atoms with Gasteiger partial charge in [0.2, 0.25) is 21.8 Å². The number of nitrogens with one attached hydrogen (secondary N) is 1. The van der Waals surface area contributed by atoms with Gasteiger partial charge in [-0.3, -0.25) is 13.9 Å². The zero-order chi connectivity index (χ0) is 25.7. The van der Waals surface area contributed by atoms with Crippen LogP contribution >= 0.6 is 0 Å². The van der Waals surface area contributed by atoms with Crippen LogP contribution < -0.4 is 9.62 Å². The first-order chi connectivity index (χ1) is 15.7. The van der Waals surface area contributed by atoms with Gasteiger partial charge in [-0.15, -0.1) is 0 Å². The summed E-state index contributed by atoms with van der Waals surface area (Å²) < 4.78 is 26.6. The molecule has 1 atom stereocenters. The lowest BCUT2D eigenvalue weighted by Crippen LogP contribution is -2.54. The number of carbonyl (C=O) groups is 2. The van der Waals surface area contributed by atoms with E-state index in [1.807, 2.05) is 71.0 Å². The Kier molecular flexibility index (Phi) is 8.89. The van der Waals surface area contributed by atoms with E-state index in [1.54, 1.807) is 19.1 Å². The molecule has 0 aromatic heterocycles. The van der Waals surface area contributed by atoms with Crippen LogP contribution in [0.5, 0.6) is 0 Å². The number of nitrogens with zero attached hydrogens (tertiary/aromatic N) is 2. The molecule has 0 radical (unpaired) electrons. The first-order valence-corrected chi connectivity index (χ1v) is 13.3. The van der Waals surface area contributed by atoms with Crippen molar-refractivity contribution in [2.75, 3.05) is 17.1 Å². The summed E-state index contributed by atoms with van der Waals surface area (Å²) in [5.41, 5.74) is 2.71. The Labute approximate surface area is 204 Å². The maximum atomic E-state index is 13.6. The van der Waals surface area contributed by atoms with Crippen LogP contribution in [0.15, 0.2) is 48.5 Å². The van der Waals surface area contributed by atoms with Crippen LogP contribution in [0.25, 0.3) is 0 Å². The molecule has 2 aromatic carbocycles. The highest BCUT2D eigenvalue weighted by Crippen LogP contribution is 2.24. The van der Waals surface area contributed by atoms with E-state index < -0.39 is 34.1 Å². The third-order valence-electron chi connectivity index (χ3n) is 5.59. The fraction of sp³-hybridized carbons (Fsp3) is 0.462. The molecule has 0 aliphatic rings. The fourth-order valence-corrected chi connectivity index (χ4v) is 4.56. The van der Waals surface area contributed by atoms with Crippen LogP contribution in [0.4, 0.5) is 5.69 Å². The minimum Gasteiger partial charge on any atom is -0.350 e. The SMILES string of the molecule is CCc1ccccc1N(CC(=O)N(Cc1ccccc1C)[C@H](C)C(=O)NC(C)(C)C)S(C)(=O)=O. The van der Waals surface area contributed by atoms with E-state index in [4.69, 9.17) is 0 Å². The number of rotatable bonds is 9. The molecule has 1 N–H and O–H groups in total. The van der Waals surface area contributed by atoms with Crippen LogP contribution in [-0.4, -0.2) is 49.5 Å². The second-order valence-electron chi connectivity index (χ2n) is 9.62. The molecule has 186 valence electrons. The fourth-order valence-electron chi connectivity index (χ4n) is 3.68. The molecule has 0 aliphatic heterocycles. The summed E-state index contributed by atoms with van der Waals surface area (Å²) in [6.45, 7) is 11.0. The second kappa shape index (κ2) is 11.0. The smallest absolute Gasteiger partial charge is 0.244 e. The normalized spacial score (nSPS) is 12.7. The second-order valence-corrected chi connectivity index (χ2v) is 11.5. The number of amides is 2. The van der Waals surface area contributed by atoms with Crippen LogP contribution in [-0.2, 0) is 32.6 Å². The Morgan fingerprint density at radius 2 is 1.56 bits per heavy atom. The van der Waals surface area contributed by atoms with Crippen LogP contribution in [0.2, 0.25) is 0 Å². The summed E-state index contributed by atoms with van der Waals surface area (Å²) in [7, 11) is -3.75. The lowest BCUT2D eigenvalue weighted by Gasteiger charge is -2.33. The lowest BCUT2D eigenvalue weighted by molar-refractivity contribution is -0.140. The van der Waals surface area contributed by atoms with Gasteiger partial charge >= 0.3 is 0 Å². The number of carbonyl (C=O) groups excluding carboxylic acids is 2. The summed E-state index contributed by atoms with van der Waals surface area (Å²) in [5.74, 6) is -0.745. The molecule has 0 fully saturated rings. The van der Waals surface area contributed by atoms with Gasteiger partial charge in [0.25, 0.3) is 0 Å². The average molecular weight is 488 g/mol. The molecule has 2 amide bonds. The summed E-state index contributed by atoms with van der Waals surface area (Å²) >= 11 is 0. The Morgan fingerprint density at radius 3 is 2.09 bits per heavy atom. The van der Waals surface area contributed by atoms with Crippen molar-refractivity contribution in [1.82, 2.24) is 10.2 Å². The highest BCUT2D eigenvalue weighted by Gasteiger charge is 2.32. The van der Waals surface area contributed by atoms with Gasteiger partial charge in [0.15, 0.2) is 0 Å². The molecule has 0 aliphatic carbocycles. The Balaban J connectivity index is 2.46. The first-order valence-electron chi connectivity index (χ1n) is 11.5. The van der Waals surface area contributed by atoms with Crippen molar-refractivity contribution in [3.63, 3.8) is 0 Å². The van der Waals surface area contributed by atoms with Gasteiger partial charge in [0, 0.05) is 12.1 Å². The van der Waals surface area contributed by atoms with E-state index in [0.29, 0.717) is 12.1 Å². The lowest BCUT2D eigenvalue weighted by atomic mass is 10.1. The van der Waals surface area contributed by atoms with Crippen molar-refractivity contribution in [2.24, 2.45) is 0 Å². The van der Waals surface area contributed by atoms with Gasteiger partial charge in [0.05, 0.1) is 11.9 Å². The van der Waals surface area contributed by atoms with Crippen LogP contribution in [0, 0.1) is 6.92 Å². The van der Waals surface area contributed by atoms with Gasteiger partial charge in [-0.05, 0) is 63.8 Å². The van der Waals surface area contributed by atoms with Crippen molar-refractivity contribution >= 4 is 27.5 Å². The predicted octanol–water partition coefficient (Wildman–Crippen LogP) is 3.66. The summed E-state index contributed by atoms with van der Waals surface area (Å²) in [6, 6.07) is 14.0. The van der Waals surface area contributed by atoms with Gasteiger partial charge in [-0.25, -0.2) is 8.42 Å². The number of benzene rings is 2. The number of hydrogen-bond donors (Lipinski definition) is 1. The molecule has 0 heterocycles. The topological polar surface area (TPSA) is 86.8 Å². The van der Waals surface area contributed by atoms with Crippen molar-refractivity contribution < 1.29 is 18.0 Å². The molecular weight excluding hydrogens is 450 g/mol. The maximum Gasteiger partial charge on any atom is 0.244 e. The van der Waals surface area contributed by atoms with Crippen molar-refractivity contribution in [2.45, 2.75) is 66.1 Å². The van der Waals surface area contributed by atoms with Gasteiger partial charge < -0.3 is 10.2 Å². The molecule has 0 saturated heterocycles. The third-order valence-corrected chi connectivity index (χ3v) is 6.71. The number of sulfonamides is 1. The number of para-hydroxylation sites is 1. The minimum absolute atomic E-state index is 0.192. The summed E-state index contributed by atoms with van der Waals surface area (Å²) in [6.07, 6.45) is 1.71. The van der Waals surface area contributed by atoms with Gasteiger partial charge in [-0.2, -0.15) is 0 Å². The van der Waals surface area contributed by atoms with E-state index in [-0.39, 0.29) is 12.5 Å². The zero-order valence-corrected chi connectivity index (χ0v) is 22.1. The molecule has 0 unspecified atom stereocenters. The molecule has 0 spiro atoms. The molecule has 2 aromatic rings. The largest absolute Gasteiger partial charge is 0.350 e. The number of aryl methyl sites for hydroxylation is 2. The van der Waals surface area contributed by atoms with E-state index in [1.165, 1.54) is 4.90 Å². The molecule has 34 heavy (non-hydrogen) atoms. The summed E-state index contributed by atoms with van der Waals surface area (Å²) in [5, 5.41) is 2.92. The van der Waals surface area contributed by atoms with E-state index in [0.717, 1.165) is 27.3 Å². The molecule has 7 nitrogen and oxygen atoms in total. The first kappa shape index (κ1) is 27.4. The standard InChI is InChI=1S/C26H37N3O4S/c1-8-21-14-11-12-16-23(21)29(34(7,32)33)18-24(30)28(17-22-15-10-9-13-19(22)2)20(3)25(31)27-26(4,5)6/h9-16,20H,8,17-18H2,1-7H3,(H,27,31)/t20-/m1/s1. The highest BCUT2D eigenvalue weighted by molar-refractivity contribution is 7.92. The predicted molar refractivity (Wildman–Crippen MR) is 137 cm³/mol. The van der Waals surface area contributed by atoms with E-state index in [9.17, 15) is 18.0 Å². The zero-order valence-electron chi connectivity index (χ0n) is 21.3. The molecule has 2 rings (SSSR count). The van der Waals surface area contributed by atoms with Crippen LogP contribution in [0.1, 0.15) is 51.3 Å². The Bertz CT molecular complexity index is 1120. The molecular formula is C26H37N3O4S. The van der Waals surface area contributed by atoms with Crippen molar-refractivity contribution in [3.8, 4) is 0 Å². The monoisotopic (exact) mass is 487 g/mol. The maximum absolute atomic E-state index is 13.6.